The van der Waals surface area contributed by atoms with Gasteiger partial charge in [0.05, 0.1) is 6.61 Å². The van der Waals surface area contributed by atoms with E-state index in [2.05, 4.69) is 20.8 Å². The summed E-state index contributed by atoms with van der Waals surface area (Å²) in [6, 6.07) is 12.1. The number of hydrogen-bond acceptors (Lipinski definition) is 4. The molecule has 0 aliphatic carbocycles. The van der Waals surface area contributed by atoms with E-state index >= 15 is 0 Å². The molecule has 2 rings (SSSR count). The van der Waals surface area contributed by atoms with Crippen LogP contribution in [-0.4, -0.2) is 37.9 Å². The average Bonchev–Trinajstić information content (AvgIpc) is 2.66. The second-order valence-corrected chi connectivity index (χ2v) is 12.0. The Bertz CT molecular complexity index is 607. The molecule has 2 amide bonds. The molecule has 1 aliphatic heterocycles. The van der Waals surface area contributed by atoms with E-state index < -0.39 is 26.6 Å². The molecule has 1 heterocycles. The number of likely N-dealkylation sites (tertiary alicyclic amines) is 1. The number of carbonyl (C=O) groups is 2. The smallest absolute Gasteiger partial charge is 0.417 e. The van der Waals surface area contributed by atoms with Crippen LogP contribution in [0, 0.1) is 5.92 Å². The molecule has 0 N–H and O–H groups in total. The van der Waals surface area contributed by atoms with Crippen LogP contribution >= 0.6 is 0 Å². The van der Waals surface area contributed by atoms with E-state index in [4.69, 9.17) is 9.16 Å². The van der Waals surface area contributed by atoms with Gasteiger partial charge in [-0.15, -0.1) is 0 Å². The Morgan fingerprint density at radius 3 is 2.19 bits per heavy atom. The number of rotatable bonds is 8. The van der Waals surface area contributed by atoms with Crippen molar-refractivity contribution in [3.05, 3.63) is 35.9 Å². The van der Waals surface area contributed by atoms with Gasteiger partial charge in [0.2, 0.25) is 0 Å². The number of carbonyl (C=O) groups excluding carboxylic acids is 2. The standard InChI is InChI=1S/C20H31NO4Si/c1-6-26(7-2,8-3)25-18-17(16-12-10-9-11-13-16)21(19(18)22)20(23)24-14-15(4)5/h9-13,15,17-18H,6-8,14H2,1-5H3. The summed E-state index contributed by atoms with van der Waals surface area (Å²) in [6.45, 7) is 10.6. The molecular weight excluding hydrogens is 346 g/mol. The Kier molecular flexibility index (Phi) is 7.00. The third-order valence-electron chi connectivity index (χ3n) is 5.23. The van der Waals surface area contributed by atoms with Crippen molar-refractivity contribution in [2.45, 2.75) is 64.9 Å². The zero-order valence-corrected chi connectivity index (χ0v) is 17.5. The van der Waals surface area contributed by atoms with Crippen molar-refractivity contribution in [1.82, 2.24) is 4.90 Å². The van der Waals surface area contributed by atoms with E-state index in [0.717, 1.165) is 23.7 Å². The molecule has 1 saturated heterocycles. The fourth-order valence-corrected chi connectivity index (χ4v) is 6.10. The molecule has 1 aliphatic rings. The predicted molar refractivity (Wildman–Crippen MR) is 104 cm³/mol. The molecule has 2 unspecified atom stereocenters. The van der Waals surface area contributed by atoms with Gasteiger partial charge in [0.1, 0.15) is 6.04 Å². The van der Waals surface area contributed by atoms with Gasteiger partial charge < -0.3 is 9.16 Å². The van der Waals surface area contributed by atoms with E-state index in [9.17, 15) is 9.59 Å². The topological polar surface area (TPSA) is 55.8 Å². The summed E-state index contributed by atoms with van der Waals surface area (Å²) in [7, 11) is -1.97. The van der Waals surface area contributed by atoms with Crippen molar-refractivity contribution in [2.24, 2.45) is 5.92 Å². The molecule has 5 nitrogen and oxygen atoms in total. The highest BCUT2D eigenvalue weighted by Crippen LogP contribution is 2.40. The van der Waals surface area contributed by atoms with Crippen LogP contribution in [0.25, 0.3) is 0 Å². The summed E-state index contributed by atoms with van der Waals surface area (Å²) in [6.07, 6.45) is -1.16. The molecule has 0 aromatic heterocycles. The van der Waals surface area contributed by atoms with Crippen molar-refractivity contribution < 1.29 is 18.8 Å². The Hall–Kier alpha value is -1.66. The number of β-lactam (4-membered cyclic amide) rings is 1. The van der Waals surface area contributed by atoms with Crippen LogP contribution in [0.3, 0.4) is 0 Å². The van der Waals surface area contributed by atoms with Gasteiger partial charge in [-0.2, -0.15) is 0 Å². The van der Waals surface area contributed by atoms with Gasteiger partial charge >= 0.3 is 6.09 Å². The molecule has 0 spiro atoms. The lowest BCUT2D eigenvalue weighted by molar-refractivity contribution is -0.161. The van der Waals surface area contributed by atoms with Crippen LogP contribution in [-0.2, 0) is 14.0 Å². The van der Waals surface area contributed by atoms with Crippen LogP contribution in [0.5, 0.6) is 0 Å². The summed E-state index contributed by atoms with van der Waals surface area (Å²) in [5.41, 5.74) is 0.907. The van der Waals surface area contributed by atoms with Gasteiger partial charge in [0.15, 0.2) is 14.4 Å². The maximum atomic E-state index is 12.8. The van der Waals surface area contributed by atoms with Crippen molar-refractivity contribution in [3.8, 4) is 0 Å². The first-order valence-corrected chi connectivity index (χ1v) is 12.1. The number of ether oxygens (including phenoxy) is 1. The second kappa shape index (κ2) is 8.82. The minimum absolute atomic E-state index is 0.220. The Labute approximate surface area is 157 Å². The molecule has 0 saturated carbocycles. The van der Waals surface area contributed by atoms with E-state index in [0.29, 0.717) is 6.61 Å². The number of nitrogens with zero attached hydrogens (tertiary/aromatic N) is 1. The van der Waals surface area contributed by atoms with Gasteiger partial charge in [-0.3, -0.25) is 4.79 Å². The van der Waals surface area contributed by atoms with Crippen LogP contribution in [0.1, 0.15) is 46.2 Å². The first-order chi connectivity index (χ1) is 12.4. The third kappa shape index (κ3) is 4.18. The van der Waals surface area contributed by atoms with Crippen molar-refractivity contribution in [3.63, 3.8) is 0 Å². The van der Waals surface area contributed by atoms with Crippen LogP contribution in [0.15, 0.2) is 30.3 Å². The molecule has 0 radical (unpaired) electrons. The summed E-state index contributed by atoms with van der Waals surface area (Å²) in [5, 5.41) is 0. The maximum absolute atomic E-state index is 12.8. The van der Waals surface area contributed by atoms with Gasteiger partial charge in [0.25, 0.3) is 5.91 Å². The van der Waals surface area contributed by atoms with E-state index in [1.54, 1.807) is 0 Å². The third-order valence-corrected chi connectivity index (χ3v) is 9.85. The lowest BCUT2D eigenvalue weighted by atomic mass is 9.91. The maximum Gasteiger partial charge on any atom is 0.417 e. The second-order valence-electron chi connectivity index (χ2n) is 7.32. The zero-order valence-electron chi connectivity index (χ0n) is 16.5. The van der Waals surface area contributed by atoms with Crippen LogP contribution in [0.2, 0.25) is 18.1 Å². The van der Waals surface area contributed by atoms with Crippen molar-refractivity contribution in [1.29, 1.82) is 0 Å². The predicted octanol–water partition coefficient (Wildman–Crippen LogP) is 4.75. The first kappa shape index (κ1) is 20.6. The SMILES string of the molecule is CC[Si](CC)(CC)OC1C(=O)N(C(=O)OCC(C)C)C1c1ccccc1. The van der Waals surface area contributed by atoms with Crippen molar-refractivity contribution in [2.75, 3.05) is 6.61 Å². The van der Waals surface area contributed by atoms with Gasteiger partial charge in [0, 0.05) is 0 Å². The molecule has 6 heteroatoms. The molecule has 1 aromatic rings. The quantitative estimate of drug-likeness (QED) is 0.484. The highest BCUT2D eigenvalue weighted by molar-refractivity contribution is 6.73. The Balaban J connectivity index is 2.26. The first-order valence-electron chi connectivity index (χ1n) is 9.61. The summed E-state index contributed by atoms with van der Waals surface area (Å²) in [4.78, 5) is 26.5. The van der Waals surface area contributed by atoms with Crippen LogP contribution < -0.4 is 0 Å². The number of amides is 2. The fourth-order valence-electron chi connectivity index (χ4n) is 3.33. The van der Waals surface area contributed by atoms with Crippen molar-refractivity contribution >= 4 is 20.3 Å². The normalized spacial score (nSPS) is 20.2. The number of hydrogen-bond donors (Lipinski definition) is 0. The van der Waals surface area contributed by atoms with Gasteiger partial charge in [-0.1, -0.05) is 65.0 Å². The van der Waals surface area contributed by atoms with Gasteiger partial charge in [-0.25, -0.2) is 9.69 Å². The average molecular weight is 378 g/mol. The Morgan fingerprint density at radius 1 is 1.12 bits per heavy atom. The minimum atomic E-state index is -1.97. The highest BCUT2D eigenvalue weighted by atomic mass is 28.4. The molecule has 1 aromatic carbocycles. The number of benzene rings is 1. The lowest BCUT2D eigenvalue weighted by Crippen LogP contribution is -2.64. The van der Waals surface area contributed by atoms with Crippen LogP contribution in [0.4, 0.5) is 4.79 Å². The molecule has 26 heavy (non-hydrogen) atoms. The molecule has 1 fully saturated rings. The monoisotopic (exact) mass is 377 g/mol. The van der Waals surface area contributed by atoms with E-state index in [1.807, 2.05) is 44.2 Å². The molecule has 144 valence electrons. The molecular formula is C20H31NO4Si. The number of imide groups is 1. The van der Waals surface area contributed by atoms with Gasteiger partial charge in [-0.05, 0) is 29.6 Å². The highest BCUT2D eigenvalue weighted by Gasteiger charge is 2.55. The summed E-state index contributed by atoms with van der Waals surface area (Å²) >= 11 is 0. The fraction of sp³-hybridized carbons (Fsp3) is 0.600. The summed E-state index contributed by atoms with van der Waals surface area (Å²) in [5.74, 6) is -0.0577. The zero-order chi connectivity index (χ0) is 19.3. The summed E-state index contributed by atoms with van der Waals surface area (Å²) < 4.78 is 11.8. The van der Waals surface area contributed by atoms with E-state index in [1.165, 1.54) is 4.90 Å². The molecule has 2 atom stereocenters. The lowest BCUT2D eigenvalue weighted by Gasteiger charge is -2.48. The minimum Gasteiger partial charge on any atom is -0.449 e. The largest absolute Gasteiger partial charge is 0.449 e. The Morgan fingerprint density at radius 2 is 1.69 bits per heavy atom. The molecule has 0 bridgehead atoms. The van der Waals surface area contributed by atoms with E-state index in [-0.39, 0.29) is 11.8 Å².